The molecule has 0 saturated heterocycles. The maximum absolute atomic E-state index is 13.1. The Kier molecular flexibility index (Phi) is 3.80. The van der Waals surface area contributed by atoms with E-state index in [1.807, 2.05) is 0 Å². The minimum Gasteiger partial charge on any atom is -0.511 e. The third-order valence-electron chi connectivity index (χ3n) is 2.81. The van der Waals surface area contributed by atoms with E-state index in [0.717, 1.165) is 0 Å². The number of aliphatic hydroxyl groups is 1. The van der Waals surface area contributed by atoms with E-state index in [1.165, 1.54) is 12.1 Å². The van der Waals surface area contributed by atoms with Crippen LogP contribution in [0.25, 0.3) is 0 Å². The van der Waals surface area contributed by atoms with Crippen LogP contribution >= 0.6 is 12.2 Å². The molecular weight excluding hydrogens is 267 g/mol. The van der Waals surface area contributed by atoms with Crippen LogP contribution in [0.2, 0.25) is 0 Å². The van der Waals surface area contributed by atoms with Crippen LogP contribution in [-0.4, -0.2) is 22.5 Å². The molecule has 0 saturated carbocycles. The highest BCUT2D eigenvalue weighted by Crippen LogP contribution is 2.18. The second-order valence-corrected chi connectivity index (χ2v) is 4.65. The minimum absolute atomic E-state index is 0.0277. The highest BCUT2D eigenvalue weighted by molar-refractivity contribution is 7.81. The fourth-order valence-electron chi connectivity index (χ4n) is 1.79. The molecule has 2 rings (SSSR count). The zero-order valence-corrected chi connectivity index (χ0v) is 11.1. The van der Waals surface area contributed by atoms with Gasteiger partial charge in [0.05, 0.1) is 0 Å². The molecule has 1 aromatic carbocycles. The van der Waals surface area contributed by atoms with Gasteiger partial charge in [-0.05, 0) is 30.7 Å². The summed E-state index contributed by atoms with van der Waals surface area (Å²) in [6.07, 6.45) is 0.353. The van der Waals surface area contributed by atoms with Crippen LogP contribution in [0.4, 0.5) is 10.1 Å². The molecule has 1 amide bonds. The van der Waals surface area contributed by atoms with Crippen molar-refractivity contribution in [1.29, 1.82) is 0 Å². The predicted octanol–water partition coefficient (Wildman–Crippen LogP) is 2.21. The van der Waals surface area contributed by atoms with Crippen molar-refractivity contribution in [3.8, 4) is 0 Å². The molecule has 3 N–H and O–H groups in total. The number of halogens is 1. The first kappa shape index (κ1) is 13.5. The van der Waals surface area contributed by atoms with Gasteiger partial charge in [-0.1, -0.05) is 12.2 Å². The lowest BCUT2D eigenvalue weighted by Crippen LogP contribution is -2.36. The number of hydrogen-bond acceptors (Lipinski definition) is 3. The molecule has 0 fully saturated rings. The van der Waals surface area contributed by atoms with Crippen molar-refractivity contribution in [2.24, 2.45) is 0 Å². The lowest BCUT2D eigenvalue weighted by Gasteiger charge is -2.18. The molecule has 1 aliphatic heterocycles. The number of aryl methyl sites for hydroxylation is 1. The molecule has 100 valence electrons. The fourth-order valence-corrected chi connectivity index (χ4v) is 2.12. The number of carbonyl (C=O) groups excluding carboxylic acids is 1. The predicted molar refractivity (Wildman–Crippen MR) is 74.6 cm³/mol. The van der Waals surface area contributed by atoms with E-state index < -0.39 is 5.91 Å². The minimum atomic E-state index is -0.403. The van der Waals surface area contributed by atoms with Crippen LogP contribution in [0.3, 0.4) is 0 Å². The standard InChI is InChI=1S/C13H13FN2O2S/c1-7-6-8(2-3-9(7)14)16-13(19)11-10(17)4-5-15-12(11)18/h2-3,6,17H,4-5H2,1H3,(H,15,18)(H,16,19). The molecule has 0 radical (unpaired) electrons. The summed E-state index contributed by atoms with van der Waals surface area (Å²) < 4.78 is 13.1. The summed E-state index contributed by atoms with van der Waals surface area (Å²) in [5.74, 6) is -0.742. The molecule has 4 nitrogen and oxygen atoms in total. The van der Waals surface area contributed by atoms with Gasteiger partial charge in [0.2, 0.25) is 0 Å². The summed E-state index contributed by atoms with van der Waals surface area (Å²) in [5.41, 5.74) is 1.12. The quantitative estimate of drug-likeness (QED) is 0.727. The molecule has 1 heterocycles. The van der Waals surface area contributed by atoms with E-state index in [1.54, 1.807) is 13.0 Å². The number of aliphatic hydroxyl groups excluding tert-OH is 1. The Bertz CT molecular complexity index is 584. The largest absolute Gasteiger partial charge is 0.511 e. The van der Waals surface area contributed by atoms with Gasteiger partial charge in [0.1, 0.15) is 22.1 Å². The highest BCUT2D eigenvalue weighted by Gasteiger charge is 2.23. The summed E-state index contributed by atoms with van der Waals surface area (Å²) in [7, 11) is 0. The first-order valence-electron chi connectivity index (χ1n) is 5.77. The van der Waals surface area contributed by atoms with Gasteiger partial charge in [-0.25, -0.2) is 4.39 Å². The van der Waals surface area contributed by atoms with Crippen LogP contribution in [0, 0.1) is 12.7 Å². The maximum atomic E-state index is 13.1. The van der Waals surface area contributed by atoms with Gasteiger partial charge < -0.3 is 15.7 Å². The van der Waals surface area contributed by atoms with Crippen molar-refractivity contribution in [1.82, 2.24) is 5.32 Å². The Morgan fingerprint density at radius 1 is 1.53 bits per heavy atom. The summed E-state index contributed by atoms with van der Waals surface area (Å²) in [6.45, 7) is 2.03. The molecular formula is C13H13FN2O2S. The Morgan fingerprint density at radius 3 is 2.89 bits per heavy atom. The Morgan fingerprint density at radius 2 is 2.26 bits per heavy atom. The molecule has 0 atom stereocenters. The Labute approximate surface area is 115 Å². The number of rotatable bonds is 2. The molecule has 0 bridgehead atoms. The van der Waals surface area contributed by atoms with Gasteiger partial charge in [0.25, 0.3) is 5.91 Å². The Hall–Kier alpha value is -1.95. The second-order valence-electron chi connectivity index (χ2n) is 4.25. The molecule has 1 aromatic rings. The first-order valence-corrected chi connectivity index (χ1v) is 6.17. The van der Waals surface area contributed by atoms with E-state index in [-0.39, 0.29) is 22.1 Å². The van der Waals surface area contributed by atoms with Gasteiger partial charge in [0, 0.05) is 18.7 Å². The molecule has 19 heavy (non-hydrogen) atoms. The topological polar surface area (TPSA) is 61.4 Å². The summed E-state index contributed by atoms with van der Waals surface area (Å²) >= 11 is 5.10. The lowest BCUT2D eigenvalue weighted by molar-refractivity contribution is -0.117. The average molecular weight is 280 g/mol. The van der Waals surface area contributed by atoms with Crippen LogP contribution in [0.1, 0.15) is 12.0 Å². The SMILES string of the molecule is Cc1cc(NC(=S)C2=C(O)CCNC2=O)ccc1F. The van der Waals surface area contributed by atoms with Gasteiger partial charge in [-0.3, -0.25) is 4.79 Å². The van der Waals surface area contributed by atoms with Crippen molar-refractivity contribution in [3.63, 3.8) is 0 Å². The zero-order chi connectivity index (χ0) is 14.0. The van der Waals surface area contributed by atoms with Crippen LogP contribution in [0.15, 0.2) is 29.5 Å². The van der Waals surface area contributed by atoms with Crippen molar-refractivity contribution in [2.45, 2.75) is 13.3 Å². The number of carbonyl (C=O) groups is 1. The number of nitrogens with one attached hydrogen (secondary N) is 2. The molecule has 0 aliphatic carbocycles. The third-order valence-corrected chi connectivity index (χ3v) is 3.11. The fraction of sp³-hybridized carbons (Fsp3) is 0.231. The van der Waals surface area contributed by atoms with Crippen molar-refractivity contribution in [2.75, 3.05) is 11.9 Å². The van der Waals surface area contributed by atoms with Crippen molar-refractivity contribution >= 4 is 28.8 Å². The van der Waals surface area contributed by atoms with Gasteiger partial charge >= 0.3 is 0 Å². The van der Waals surface area contributed by atoms with Gasteiger partial charge in [-0.2, -0.15) is 0 Å². The van der Waals surface area contributed by atoms with E-state index in [2.05, 4.69) is 10.6 Å². The van der Waals surface area contributed by atoms with Crippen LogP contribution < -0.4 is 10.6 Å². The van der Waals surface area contributed by atoms with E-state index in [9.17, 15) is 14.3 Å². The van der Waals surface area contributed by atoms with E-state index in [0.29, 0.717) is 24.2 Å². The second kappa shape index (κ2) is 5.36. The van der Waals surface area contributed by atoms with Gasteiger partial charge in [0.15, 0.2) is 0 Å². The number of amides is 1. The summed E-state index contributed by atoms with van der Waals surface area (Å²) in [6, 6.07) is 4.42. The molecule has 1 aliphatic rings. The van der Waals surface area contributed by atoms with E-state index >= 15 is 0 Å². The number of anilines is 1. The molecule has 0 spiro atoms. The molecule has 0 aromatic heterocycles. The number of benzene rings is 1. The first-order chi connectivity index (χ1) is 8.99. The van der Waals surface area contributed by atoms with Gasteiger partial charge in [-0.15, -0.1) is 0 Å². The normalized spacial score (nSPS) is 15.2. The lowest BCUT2D eigenvalue weighted by atomic mass is 10.1. The van der Waals surface area contributed by atoms with Crippen molar-refractivity contribution in [3.05, 3.63) is 40.9 Å². The summed E-state index contributed by atoms with van der Waals surface area (Å²) in [5, 5.41) is 15.1. The number of hydrogen-bond donors (Lipinski definition) is 3. The monoisotopic (exact) mass is 280 g/mol. The average Bonchev–Trinajstić information content (AvgIpc) is 2.33. The van der Waals surface area contributed by atoms with E-state index in [4.69, 9.17) is 12.2 Å². The number of thiocarbonyl (C=S) groups is 1. The smallest absolute Gasteiger partial charge is 0.257 e. The maximum Gasteiger partial charge on any atom is 0.257 e. The zero-order valence-electron chi connectivity index (χ0n) is 10.3. The third kappa shape index (κ3) is 2.90. The highest BCUT2D eigenvalue weighted by atomic mass is 32.1. The molecule has 0 unspecified atom stereocenters. The summed E-state index contributed by atoms with van der Waals surface area (Å²) in [4.78, 5) is 11.8. The van der Waals surface area contributed by atoms with Crippen molar-refractivity contribution < 1.29 is 14.3 Å². The van der Waals surface area contributed by atoms with Crippen LogP contribution in [-0.2, 0) is 4.79 Å². The van der Waals surface area contributed by atoms with Crippen LogP contribution in [0.5, 0.6) is 0 Å². The Balaban J connectivity index is 2.21. The molecule has 6 heteroatoms.